The molecule has 1 saturated heterocycles. The molecule has 6 atom stereocenters. The largest absolute Gasteiger partial charge is 0.416 e. The lowest BCUT2D eigenvalue weighted by Crippen LogP contribution is -2.56. The van der Waals surface area contributed by atoms with Crippen molar-refractivity contribution in [2.45, 2.75) is 94.3 Å². The van der Waals surface area contributed by atoms with Gasteiger partial charge in [0.15, 0.2) is 0 Å². The standard InChI is InChI=1S/C35H44F3N2O/c1-40(29-13-11-22(12-14-29)15-26-8-3-9-27-19-30(26)27)20-31-33(34(31,39)21-40)32(41)17-23-5-2-6-24(16-23)25-7-4-10-28(18-25)35(36,37)38/h3-4,7-10,18,22-24,29,31,33H,2,5-6,11-17,19-21,39H2,1H3/q+1. The van der Waals surface area contributed by atoms with Crippen molar-refractivity contribution >= 4 is 5.78 Å². The third-order valence-corrected chi connectivity index (χ3v) is 11.9. The number of quaternary nitrogens is 1. The first-order valence-corrected chi connectivity index (χ1v) is 16.0. The zero-order valence-corrected chi connectivity index (χ0v) is 24.3. The van der Waals surface area contributed by atoms with Crippen LogP contribution in [0.25, 0.3) is 0 Å². The summed E-state index contributed by atoms with van der Waals surface area (Å²) in [7, 11) is 2.38. The van der Waals surface area contributed by atoms with Gasteiger partial charge in [-0.3, -0.25) is 4.79 Å². The number of likely N-dealkylation sites (N-methyl/N-ethyl adjacent to an activating group) is 1. The number of carbonyl (C=O) groups excluding carboxylic acids is 1. The second-order valence-electron chi connectivity index (χ2n) is 14.7. The number of nitrogens with zero attached hydrogens (tertiary/aromatic N) is 1. The summed E-state index contributed by atoms with van der Waals surface area (Å²) in [6.07, 6.45) is 7.39. The van der Waals surface area contributed by atoms with E-state index < -0.39 is 11.7 Å². The highest BCUT2D eigenvalue weighted by atomic mass is 19.4. The number of carbonyl (C=O) groups is 1. The van der Waals surface area contributed by atoms with Gasteiger partial charge in [-0.05, 0) is 104 Å². The molecule has 5 aliphatic rings. The van der Waals surface area contributed by atoms with Gasteiger partial charge in [-0.25, -0.2) is 0 Å². The molecule has 6 unspecified atom stereocenters. The Morgan fingerprint density at radius 1 is 1.02 bits per heavy atom. The predicted octanol–water partition coefficient (Wildman–Crippen LogP) is 7.05. The van der Waals surface area contributed by atoms with Crippen LogP contribution in [0, 0.1) is 23.7 Å². The number of ketones is 1. The van der Waals surface area contributed by atoms with Gasteiger partial charge in [0.25, 0.3) is 0 Å². The number of rotatable bonds is 7. The smallest absolute Gasteiger partial charge is 0.322 e. The molecule has 4 aliphatic carbocycles. The maximum atomic E-state index is 13.5. The van der Waals surface area contributed by atoms with E-state index in [9.17, 15) is 18.0 Å². The molecule has 7 rings (SSSR count). The maximum Gasteiger partial charge on any atom is 0.416 e. The Morgan fingerprint density at radius 3 is 2.54 bits per heavy atom. The van der Waals surface area contributed by atoms with Crippen molar-refractivity contribution in [1.82, 2.24) is 0 Å². The summed E-state index contributed by atoms with van der Waals surface area (Å²) < 4.78 is 40.8. The molecule has 1 heterocycles. The van der Waals surface area contributed by atoms with Crippen molar-refractivity contribution in [3.8, 4) is 0 Å². The summed E-state index contributed by atoms with van der Waals surface area (Å²) in [5, 5.41) is 0. The number of halogens is 3. The van der Waals surface area contributed by atoms with Crippen molar-refractivity contribution in [2.24, 2.45) is 29.4 Å². The summed E-state index contributed by atoms with van der Waals surface area (Å²) in [6, 6.07) is 13.2. The topological polar surface area (TPSA) is 43.1 Å². The first kappa shape index (κ1) is 27.6. The molecule has 0 spiro atoms. The number of likely N-dealkylation sites (tertiary alicyclic amines) is 1. The number of benzene rings is 2. The average Bonchev–Trinajstić information content (AvgIpc) is 3.82. The maximum absolute atomic E-state index is 13.5. The summed E-state index contributed by atoms with van der Waals surface area (Å²) in [6.45, 7) is 1.93. The van der Waals surface area contributed by atoms with Crippen LogP contribution in [-0.2, 0) is 23.8 Å². The summed E-state index contributed by atoms with van der Waals surface area (Å²) in [5.41, 5.74) is 11.5. The second-order valence-corrected chi connectivity index (χ2v) is 14.7. The van der Waals surface area contributed by atoms with Crippen LogP contribution in [0.15, 0.2) is 42.5 Å². The van der Waals surface area contributed by atoms with Crippen molar-refractivity contribution in [3.63, 3.8) is 0 Å². The minimum Gasteiger partial charge on any atom is -0.322 e. The van der Waals surface area contributed by atoms with Crippen molar-refractivity contribution in [2.75, 3.05) is 20.1 Å². The number of hydrogen-bond acceptors (Lipinski definition) is 2. The van der Waals surface area contributed by atoms with Crippen LogP contribution in [0.5, 0.6) is 0 Å². The highest BCUT2D eigenvalue weighted by molar-refractivity contribution is 5.87. The molecule has 4 fully saturated rings. The lowest BCUT2D eigenvalue weighted by Gasteiger charge is -2.44. The fourth-order valence-electron chi connectivity index (χ4n) is 9.61. The van der Waals surface area contributed by atoms with E-state index in [1.54, 1.807) is 16.7 Å². The SMILES string of the molecule is C[N+]1(C2CCC(Cc3cccc4c3C4)CC2)CC2C(C(=O)CC3CCCC(c4cccc(C(F)(F)F)c4)C3)C2(N)C1. The number of piperidine rings is 1. The molecule has 2 aromatic rings. The van der Waals surface area contributed by atoms with Crippen LogP contribution in [0.1, 0.15) is 91.5 Å². The van der Waals surface area contributed by atoms with Gasteiger partial charge < -0.3 is 10.2 Å². The molecule has 41 heavy (non-hydrogen) atoms. The van der Waals surface area contributed by atoms with Gasteiger partial charge in [-0.1, -0.05) is 42.8 Å². The Kier molecular flexibility index (Phi) is 6.70. The Labute approximate surface area is 242 Å². The molecular formula is C35H44F3N2O+. The third-order valence-electron chi connectivity index (χ3n) is 11.9. The number of Topliss-reactive ketones (excluding diaryl/α,β-unsaturated/α-hetero) is 1. The van der Waals surface area contributed by atoms with Crippen LogP contribution in [-0.4, -0.2) is 42.0 Å². The molecule has 220 valence electrons. The lowest BCUT2D eigenvalue weighted by atomic mass is 9.75. The van der Waals surface area contributed by atoms with Crippen LogP contribution >= 0.6 is 0 Å². The van der Waals surface area contributed by atoms with E-state index in [1.165, 1.54) is 50.7 Å². The molecular weight excluding hydrogens is 521 g/mol. The molecule has 3 nitrogen and oxygen atoms in total. The monoisotopic (exact) mass is 565 g/mol. The minimum absolute atomic E-state index is 0.0220. The van der Waals surface area contributed by atoms with Crippen LogP contribution in [0.2, 0.25) is 0 Å². The second kappa shape index (κ2) is 9.94. The predicted molar refractivity (Wildman–Crippen MR) is 154 cm³/mol. The van der Waals surface area contributed by atoms with E-state index in [4.69, 9.17) is 5.73 Å². The molecule has 2 aromatic carbocycles. The van der Waals surface area contributed by atoms with Gasteiger partial charge in [0, 0.05) is 12.3 Å². The van der Waals surface area contributed by atoms with E-state index in [0.29, 0.717) is 24.2 Å². The highest BCUT2D eigenvalue weighted by Gasteiger charge is 2.75. The van der Waals surface area contributed by atoms with Crippen molar-refractivity contribution in [1.29, 1.82) is 0 Å². The molecule has 3 saturated carbocycles. The number of nitrogens with two attached hydrogens (primary N) is 1. The van der Waals surface area contributed by atoms with Crippen LogP contribution in [0.3, 0.4) is 0 Å². The Hall–Kier alpha value is -2.18. The summed E-state index contributed by atoms with van der Waals surface area (Å²) in [4.78, 5) is 13.5. The minimum atomic E-state index is -4.32. The average molecular weight is 566 g/mol. The van der Waals surface area contributed by atoms with Gasteiger partial charge in [0.2, 0.25) is 0 Å². The molecule has 1 aliphatic heterocycles. The number of fused-ring (bicyclic) bond motifs is 2. The molecule has 2 N–H and O–H groups in total. The molecule has 0 bridgehead atoms. The quantitative estimate of drug-likeness (QED) is 0.312. The first-order valence-electron chi connectivity index (χ1n) is 16.0. The Balaban J connectivity index is 0.914. The number of hydrogen-bond donors (Lipinski definition) is 1. The molecule has 6 heteroatoms. The van der Waals surface area contributed by atoms with Crippen LogP contribution in [0.4, 0.5) is 13.2 Å². The fraction of sp³-hybridized carbons (Fsp3) is 0.629. The van der Waals surface area contributed by atoms with Crippen LogP contribution < -0.4 is 5.73 Å². The van der Waals surface area contributed by atoms with E-state index in [0.717, 1.165) is 60.8 Å². The van der Waals surface area contributed by atoms with Crippen molar-refractivity contribution < 1.29 is 22.4 Å². The summed E-state index contributed by atoms with van der Waals surface area (Å²) in [5.74, 6) is 1.71. The van der Waals surface area contributed by atoms with E-state index in [-0.39, 0.29) is 23.3 Å². The van der Waals surface area contributed by atoms with E-state index in [2.05, 4.69) is 25.2 Å². The summed E-state index contributed by atoms with van der Waals surface area (Å²) >= 11 is 0. The van der Waals surface area contributed by atoms with Gasteiger partial charge in [-0.2, -0.15) is 13.2 Å². The normalized spacial score (nSPS) is 37.8. The van der Waals surface area contributed by atoms with Gasteiger partial charge in [0.1, 0.15) is 5.78 Å². The number of alkyl halides is 3. The van der Waals surface area contributed by atoms with Gasteiger partial charge in [-0.15, -0.1) is 0 Å². The zero-order chi connectivity index (χ0) is 28.6. The van der Waals surface area contributed by atoms with Gasteiger partial charge in [0.05, 0.1) is 43.2 Å². The third kappa shape index (κ3) is 5.18. The Morgan fingerprint density at radius 2 is 1.80 bits per heavy atom. The van der Waals surface area contributed by atoms with E-state index >= 15 is 0 Å². The van der Waals surface area contributed by atoms with Gasteiger partial charge >= 0.3 is 6.18 Å². The molecule has 0 aromatic heterocycles. The first-order chi connectivity index (χ1) is 19.5. The molecule has 0 amide bonds. The lowest BCUT2D eigenvalue weighted by molar-refractivity contribution is -0.928. The fourth-order valence-corrected chi connectivity index (χ4v) is 9.61. The van der Waals surface area contributed by atoms with E-state index in [1.807, 2.05) is 6.07 Å². The molecule has 0 radical (unpaired) electrons. The zero-order valence-electron chi connectivity index (χ0n) is 24.3. The highest BCUT2D eigenvalue weighted by Crippen LogP contribution is 2.58. The Bertz CT molecular complexity index is 1330. The van der Waals surface area contributed by atoms with Crippen molar-refractivity contribution in [3.05, 3.63) is 70.3 Å².